The van der Waals surface area contributed by atoms with E-state index in [2.05, 4.69) is 54.4 Å². The average molecular weight is 274 g/mol. The van der Waals surface area contributed by atoms with E-state index in [0.29, 0.717) is 6.04 Å². The first-order valence-corrected chi connectivity index (χ1v) is 7.75. The normalized spacial score (nSPS) is 18.7. The predicted molar refractivity (Wildman–Crippen MR) is 82.3 cm³/mol. The van der Waals surface area contributed by atoms with Crippen molar-refractivity contribution in [3.05, 3.63) is 35.9 Å². The molecule has 3 nitrogen and oxygen atoms in total. The fourth-order valence-corrected chi connectivity index (χ4v) is 2.66. The smallest absolute Gasteiger partial charge is 0.223 e. The van der Waals surface area contributed by atoms with E-state index in [4.69, 9.17) is 0 Å². The molecule has 1 unspecified atom stereocenters. The number of hydrogen-bond donors (Lipinski definition) is 1. The molecule has 2 rings (SSSR count). The molecule has 1 atom stereocenters. The predicted octanol–water partition coefficient (Wildman–Crippen LogP) is 2.81. The number of likely N-dealkylation sites (tertiary alicyclic amines) is 1. The second-order valence-corrected chi connectivity index (χ2v) is 5.85. The summed E-state index contributed by atoms with van der Waals surface area (Å²) in [7, 11) is 0. The summed E-state index contributed by atoms with van der Waals surface area (Å²) in [4.78, 5) is 14.5. The third kappa shape index (κ3) is 4.34. The Balaban J connectivity index is 1.76. The minimum Gasteiger partial charge on any atom is -0.353 e. The van der Waals surface area contributed by atoms with E-state index in [1.165, 1.54) is 5.56 Å². The summed E-state index contributed by atoms with van der Waals surface area (Å²) in [5, 5.41) is 3.11. The summed E-state index contributed by atoms with van der Waals surface area (Å²) < 4.78 is 0. The summed E-state index contributed by atoms with van der Waals surface area (Å²) in [6.07, 6.45) is 2.96. The van der Waals surface area contributed by atoms with Crippen LogP contribution < -0.4 is 5.32 Å². The van der Waals surface area contributed by atoms with Gasteiger partial charge in [0, 0.05) is 18.5 Å². The fraction of sp³-hybridized carbons (Fsp3) is 0.588. The second kappa shape index (κ2) is 7.44. The molecule has 20 heavy (non-hydrogen) atoms. The van der Waals surface area contributed by atoms with E-state index in [1.807, 2.05) is 0 Å². The van der Waals surface area contributed by atoms with Crippen molar-refractivity contribution < 1.29 is 4.79 Å². The van der Waals surface area contributed by atoms with Gasteiger partial charge in [0.15, 0.2) is 0 Å². The van der Waals surface area contributed by atoms with Crippen LogP contribution in [0.3, 0.4) is 0 Å². The molecule has 0 bridgehead atoms. The summed E-state index contributed by atoms with van der Waals surface area (Å²) in [5.74, 6) is 0.453. The van der Waals surface area contributed by atoms with Gasteiger partial charge in [-0.15, -0.1) is 0 Å². The topological polar surface area (TPSA) is 32.3 Å². The quantitative estimate of drug-likeness (QED) is 0.895. The van der Waals surface area contributed by atoms with Gasteiger partial charge < -0.3 is 5.32 Å². The number of piperidine rings is 1. The monoisotopic (exact) mass is 274 g/mol. The molecule has 1 aliphatic rings. The van der Waals surface area contributed by atoms with E-state index >= 15 is 0 Å². The van der Waals surface area contributed by atoms with Crippen molar-refractivity contribution in [2.75, 3.05) is 13.1 Å². The molecule has 110 valence electrons. The zero-order chi connectivity index (χ0) is 14.4. The third-order valence-electron chi connectivity index (χ3n) is 4.21. The Morgan fingerprint density at radius 3 is 2.55 bits per heavy atom. The van der Waals surface area contributed by atoms with Crippen molar-refractivity contribution in [3.8, 4) is 0 Å². The highest BCUT2D eigenvalue weighted by Crippen LogP contribution is 2.19. The van der Waals surface area contributed by atoms with Gasteiger partial charge in [-0.2, -0.15) is 0 Å². The Morgan fingerprint density at radius 1 is 1.30 bits per heavy atom. The first-order chi connectivity index (χ1) is 9.69. The molecule has 1 aromatic carbocycles. The highest BCUT2D eigenvalue weighted by Gasteiger charge is 2.25. The van der Waals surface area contributed by atoms with Gasteiger partial charge >= 0.3 is 0 Å². The van der Waals surface area contributed by atoms with Gasteiger partial charge in [0.25, 0.3) is 0 Å². The maximum Gasteiger partial charge on any atom is 0.223 e. The lowest BCUT2D eigenvalue weighted by atomic mass is 9.95. The highest BCUT2D eigenvalue weighted by molar-refractivity contribution is 5.79. The maximum atomic E-state index is 12.1. The maximum absolute atomic E-state index is 12.1. The van der Waals surface area contributed by atoms with Crippen molar-refractivity contribution in [2.45, 2.75) is 45.7 Å². The van der Waals surface area contributed by atoms with Gasteiger partial charge in [0.1, 0.15) is 0 Å². The fourth-order valence-electron chi connectivity index (χ4n) is 2.66. The highest BCUT2D eigenvalue weighted by atomic mass is 16.1. The number of carbonyl (C=O) groups excluding carboxylic acids is 1. The molecule has 0 radical (unpaired) electrons. The molecule has 1 N–H and O–H groups in total. The molecule has 1 fully saturated rings. The minimum atomic E-state index is 0.205. The first kappa shape index (κ1) is 15.0. The zero-order valence-electron chi connectivity index (χ0n) is 12.6. The van der Waals surface area contributed by atoms with Crippen LogP contribution in [0.2, 0.25) is 0 Å². The first-order valence-electron chi connectivity index (χ1n) is 7.75. The summed E-state index contributed by atoms with van der Waals surface area (Å²) in [6, 6.07) is 10.9. The van der Waals surface area contributed by atoms with Crippen LogP contribution in [0.25, 0.3) is 0 Å². The molecule has 0 aromatic heterocycles. The van der Waals surface area contributed by atoms with Crippen LogP contribution in [0.5, 0.6) is 0 Å². The van der Waals surface area contributed by atoms with Crippen LogP contribution in [0, 0.1) is 5.92 Å². The Hall–Kier alpha value is -1.35. The molecule has 1 aromatic rings. The lowest BCUT2D eigenvalue weighted by Crippen LogP contribution is -2.42. The Labute approximate surface area is 122 Å². The van der Waals surface area contributed by atoms with Gasteiger partial charge in [-0.3, -0.25) is 9.69 Å². The third-order valence-corrected chi connectivity index (χ3v) is 4.21. The molecule has 1 heterocycles. The van der Waals surface area contributed by atoms with E-state index in [1.54, 1.807) is 0 Å². The molecule has 3 heteroatoms. The lowest BCUT2D eigenvalue weighted by molar-refractivity contribution is -0.127. The van der Waals surface area contributed by atoms with Gasteiger partial charge in [-0.05, 0) is 44.8 Å². The van der Waals surface area contributed by atoms with Crippen molar-refractivity contribution in [1.29, 1.82) is 0 Å². The van der Waals surface area contributed by atoms with Crippen molar-refractivity contribution in [1.82, 2.24) is 10.2 Å². The van der Waals surface area contributed by atoms with Gasteiger partial charge in [-0.25, -0.2) is 0 Å². The largest absolute Gasteiger partial charge is 0.353 e. The molecule has 1 aliphatic heterocycles. The van der Waals surface area contributed by atoms with Crippen LogP contribution in [0.4, 0.5) is 0 Å². The summed E-state index contributed by atoms with van der Waals surface area (Å²) in [5.41, 5.74) is 1.36. The van der Waals surface area contributed by atoms with Crippen molar-refractivity contribution in [2.24, 2.45) is 5.92 Å². The van der Waals surface area contributed by atoms with E-state index in [-0.39, 0.29) is 11.8 Å². The van der Waals surface area contributed by atoms with Crippen molar-refractivity contribution in [3.63, 3.8) is 0 Å². The summed E-state index contributed by atoms with van der Waals surface area (Å²) in [6.45, 7) is 7.22. The van der Waals surface area contributed by atoms with E-state index in [0.717, 1.165) is 38.9 Å². The minimum absolute atomic E-state index is 0.205. The standard InChI is InChI=1S/C17H26N2O/c1-3-14(2)18-17(20)16-9-11-19(12-10-16)13-15-7-5-4-6-8-15/h4-8,14,16H,3,9-13H2,1-2H3,(H,18,20). The number of rotatable bonds is 5. The number of carbonyl (C=O) groups is 1. The zero-order valence-corrected chi connectivity index (χ0v) is 12.6. The number of nitrogens with one attached hydrogen (secondary N) is 1. The molecule has 1 saturated heterocycles. The Bertz CT molecular complexity index is 410. The molecule has 0 saturated carbocycles. The SMILES string of the molecule is CCC(C)NC(=O)C1CCN(Cc2ccccc2)CC1. The van der Waals surface area contributed by atoms with Gasteiger partial charge in [0.05, 0.1) is 0 Å². The van der Waals surface area contributed by atoms with Crippen LogP contribution >= 0.6 is 0 Å². The lowest BCUT2D eigenvalue weighted by Gasteiger charge is -2.31. The Morgan fingerprint density at radius 2 is 1.95 bits per heavy atom. The second-order valence-electron chi connectivity index (χ2n) is 5.85. The number of benzene rings is 1. The Kier molecular flexibility index (Phi) is 5.60. The average Bonchev–Trinajstić information content (AvgIpc) is 2.49. The van der Waals surface area contributed by atoms with Gasteiger partial charge in [0.2, 0.25) is 5.91 Å². The molecular weight excluding hydrogens is 248 g/mol. The summed E-state index contributed by atoms with van der Waals surface area (Å²) >= 11 is 0. The van der Waals surface area contributed by atoms with Gasteiger partial charge in [-0.1, -0.05) is 37.3 Å². The van der Waals surface area contributed by atoms with Crippen molar-refractivity contribution >= 4 is 5.91 Å². The van der Waals surface area contributed by atoms with E-state index in [9.17, 15) is 4.79 Å². The molecule has 0 aliphatic carbocycles. The number of nitrogens with zero attached hydrogens (tertiary/aromatic N) is 1. The van der Waals surface area contributed by atoms with Crippen LogP contribution in [-0.2, 0) is 11.3 Å². The number of hydrogen-bond acceptors (Lipinski definition) is 2. The molecule has 0 spiro atoms. The van der Waals surface area contributed by atoms with E-state index < -0.39 is 0 Å². The number of amides is 1. The van der Waals surface area contributed by atoms with Crippen LogP contribution in [0.15, 0.2) is 30.3 Å². The molecular formula is C17H26N2O. The molecule has 1 amide bonds. The van der Waals surface area contributed by atoms with Crippen LogP contribution in [0.1, 0.15) is 38.7 Å². The van der Waals surface area contributed by atoms with Crippen LogP contribution in [-0.4, -0.2) is 29.9 Å².